The van der Waals surface area contributed by atoms with Crippen LogP contribution in [0.3, 0.4) is 0 Å². The number of nitrogens with zero attached hydrogens (tertiary/aromatic N) is 3. The molecule has 17 heavy (non-hydrogen) atoms. The van der Waals surface area contributed by atoms with Gasteiger partial charge in [-0.1, -0.05) is 12.1 Å². The van der Waals surface area contributed by atoms with Crippen LogP contribution in [0.15, 0.2) is 30.6 Å². The average molecular weight is 228 g/mol. The van der Waals surface area contributed by atoms with Gasteiger partial charge in [-0.05, 0) is 11.6 Å². The smallest absolute Gasteiger partial charge is 0.0931 e. The van der Waals surface area contributed by atoms with Crippen molar-refractivity contribution < 1.29 is 0 Å². The molecule has 2 aromatic rings. The molecule has 2 heterocycles. The highest BCUT2D eigenvalue weighted by atomic mass is 15.2. The van der Waals surface area contributed by atoms with Gasteiger partial charge in [-0.15, -0.1) is 0 Å². The lowest BCUT2D eigenvalue weighted by Gasteiger charge is -2.27. The van der Waals surface area contributed by atoms with Crippen molar-refractivity contribution >= 4 is 11.0 Å². The van der Waals surface area contributed by atoms with E-state index in [-0.39, 0.29) is 0 Å². The summed E-state index contributed by atoms with van der Waals surface area (Å²) in [4.78, 5) is 11.2. The van der Waals surface area contributed by atoms with Crippen LogP contribution in [0.1, 0.15) is 5.56 Å². The lowest BCUT2D eigenvalue weighted by molar-refractivity contribution is 0.234. The fourth-order valence-corrected chi connectivity index (χ4v) is 2.29. The summed E-state index contributed by atoms with van der Waals surface area (Å²) in [6.07, 6.45) is 3.51. The van der Waals surface area contributed by atoms with Gasteiger partial charge in [0.05, 0.1) is 11.0 Å². The normalized spacial score (nSPS) is 17.4. The third-order valence-corrected chi connectivity index (χ3v) is 3.19. The average Bonchev–Trinajstić information content (AvgIpc) is 2.40. The second kappa shape index (κ2) is 4.77. The summed E-state index contributed by atoms with van der Waals surface area (Å²) in [6.45, 7) is 5.35. The Kier molecular flexibility index (Phi) is 2.98. The van der Waals surface area contributed by atoms with E-state index in [1.54, 1.807) is 12.4 Å². The van der Waals surface area contributed by atoms with Crippen molar-refractivity contribution in [1.29, 1.82) is 0 Å². The molecule has 0 radical (unpaired) electrons. The fraction of sp³-hybridized carbons (Fsp3) is 0.385. The Balaban J connectivity index is 1.89. The van der Waals surface area contributed by atoms with Crippen molar-refractivity contribution in [3.8, 4) is 0 Å². The largest absolute Gasteiger partial charge is 0.314 e. The molecule has 1 aromatic heterocycles. The summed E-state index contributed by atoms with van der Waals surface area (Å²) in [5.74, 6) is 0. The number of para-hydroxylation sites is 1. The second-order valence-electron chi connectivity index (χ2n) is 4.37. The lowest BCUT2D eigenvalue weighted by atomic mass is 10.1. The molecule has 1 saturated heterocycles. The minimum Gasteiger partial charge on any atom is -0.314 e. The minimum absolute atomic E-state index is 0.970. The zero-order valence-electron chi connectivity index (χ0n) is 9.76. The molecule has 0 amide bonds. The van der Waals surface area contributed by atoms with E-state index in [0.717, 1.165) is 43.8 Å². The van der Waals surface area contributed by atoms with Gasteiger partial charge in [-0.3, -0.25) is 14.9 Å². The van der Waals surface area contributed by atoms with E-state index in [1.807, 2.05) is 6.07 Å². The van der Waals surface area contributed by atoms with Gasteiger partial charge in [0.15, 0.2) is 0 Å². The van der Waals surface area contributed by atoms with E-state index < -0.39 is 0 Å². The Morgan fingerprint density at radius 2 is 1.94 bits per heavy atom. The molecular formula is C13H16N4. The summed E-state index contributed by atoms with van der Waals surface area (Å²) < 4.78 is 0. The van der Waals surface area contributed by atoms with Gasteiger partial charge in [-0.25, -0.2) is 0 Å². The van der Waals surface area contributed by atoms with E-state index in [4.69, 9.17) is 0 Å². The first-order chi connectivity index (χ1) is 8.43. The monoisotopic (exact) mass is 228 g/mol. The molecule has 88 valence electrons. The van der Waals surface area contributed by atoms with Gasteiger partial charge in [0.2, 0.25) is 0 Å². The van der Waals surface area contributed by atoms with E-state index in [9.17, 15) is 0 Å². The summed E-state index contributed by atoms with van der Waals surface area (Å²) in [7, 11) is 0. The summed E-state index contributed by atoms with van der Waals surface area (Å²) >= 11 is 0. The van der Waals surface area contributed by atoms with Crippen LogP contribution >= 0.6 is 0 Å². The summed E-state index contributed by atoms with van der Waals surface area (Å²) in [6, 6.07) is 6.23. The Bertz CT molecular complexity index is 500. The van der Waals surface area contributed by atoms with E-state index in [0.29, 0.717) is 0 Å². The molecule has 4 nitrogen and oxygen atoms in total. The van der Waals surface area contributed by atoms with E-state index >= 15 is 0 Å². The third-order valence-electron chi connectivity index (χ3n) is 3.19. The molecule has 1 N–H and O–H groups in total. The minimum atomic E-state index is 0.970. The zero-order chi connectivity index (χ0) is 11.5. The summed E-state index contributed by atoms with van der Waals surface area (Å²) in [5, 5.41) is 3.37. The molecule has 1 aliphatic rings. The van der Waals surface area contributed by atoms with Crippen LogP contribution in [0, 0.1) is 0 Å². The van der Waals surface area contributed by atoms with Crippen molar-refractivity contribution in [2.24, 2.45) is 0 Å². The van der Waals surface area contributed by atoms with Crippen molar-refractivity contribution in [3.05, 3.63) is 36.2 Å². The van der Waals surface area contributed by atoms with Crippen molar-refractivity contribution in [3.63, 3.8) is 0 Å². The highest BCUT2D eigenvalue weighted by molar-refractivity contribution is 5.77. The number of hydrogen-bond donors (Lipinski definition) is 1. The van der Waals surface area contributed by atoms with Gasteiger partial charge in [-0.2, -0.15) is 0 Å². The van der Waals surface area contributed by atoms with Gasteiger partial charge in [0.1, 0.15) is 0 Å². The van der Waals surface area contributed by atoms with Crippen LogP contribution in [0.2, 0.25) is 0 Å². The van der Waals surface area contributed by atoms with Crippen LogP contribution in [0.4, 0.5) is 0 Å². The van der Waals surface area contributed by atoms with E-state index in [1.165, 1.54) is 5.56 Å². The van der Waals surface area contributed by atoms with Gasteiger partial charge < -0.3 is 5.32 Å². The van der Waals surface area contributed by atoms with Gasteiger partial charge >= 0.3 is 0 Å². The number of nitrogens with one attached hydrogen (secondary N) is 1. The maximum atomic E-state index is 4.44. The number of piperazine rings is 1. The van der Waals surface area contributed by atoms with Crippen LogP contribution in [-0.4, -0.2) is 41.0 Å². The number of hydrogen-bond acceptors (Lipinski definition) is 4. The molecule has 4 heteroatoms. The van der Waals surface area contributed by atoms with Gasteiger partial charge in [0.25, 0.3) is 0 Å². The predicted molar refractivity (Wildman–Crippen MR) is 67.7 cm³/mol. The first-order valence-electron chi connectivity index (χ1n) is 6.05. The maximum Gasteiger partial charge on any atom is 0.0931 e. The zero-order valence-corrected chi connectivity index (χ0v) is 9.76. The molecule has 1 aromatic carbocycles. The number of fused-ring (bicyclic) bond motifs is 1. The second-order valence-corrected chi connectivity index (χ2v) is 4.37. The van der Waals surface area contributed by atoms with Crippen molar-refractivity contribution in [2.75, 3.05) is 26.2 Å². The van der Waals surface area contributed by atoms with Crippen molar-refractivity contribution in [2.45, 2.75) is 6.54 Å². The van der Waals surface area contributed by atoms with E-state index in [2.05, 4.69) is 32.3 Å². The molecule has 3 rings (SSSR count). The highest BCUT2D eigenvalue weighted by Crippen LogP contribution is 2.15. The standard InChI is InChI=1S/C13H16N4/c1-2-11(10-17-8-6-14-7-9-17)13-12(3-1)15-4-5-16-13/h1-5,14H,6-10H2. The fourth-order valence-electron chi connectivity index (χ4n) is 2.29. The van der Waals surface area contributed by atoms with Crippen LogP contribution < -0.4 is 5.32 Å². The van der Waals surface area contributed by atoms with Gasteiger partial charge in [0, 0.05) is 45.1 Å². The first kappa shape index (κ1) is 10.6. The predicted octanol–water partition coefficient (Wildman–Crippen LogP) is 1.03. The lowest BCUT2D eigenvalue weighted by Crippen LogP contribution is -2.42. The molecule has 0 atom stereocenters. The summed E-state index contributed by atoms with van der Waals surface area (Å²) in [5.41, 5.74) is 3.30. The molecule has 0 spiro atoms. The Morgan fingerprint density at radius 3 is 2.82 bits per heavy atom. The molecule has 0 unspecified atom stereocenters. The van der Waals surface area contributed by atoms with Crippen molar-refractivity contribution in [1.82, 2.24) is 20.2 Å². The molecule has 0 aliphatic carbocycles. The Morgan fingerprint density at radius 1 is 1.12 bits per heavy atom. The topological polar surface area (TPSA) is 41.0 Å². The number of aromatic nitrogens is 2. The Labute approximate surface area is 101 Å². The number of benzene rings is 1. The molecule has 1 fully saturated rings. The quantitative estimate of drug-likeness (QED) is 0.833. The van der Waals surface area contributed by atoms with Crippen LogP contribution in [-0.2, 0) is 6.54 Å². The molecule has 1 aliphatic heterocycles. The first-order valence-corrected chi connectivity index (χ1v) is 6.05. The van der Waals surface area contributed by atoms with Crippen LogP contribution in [0.25, 0.3) is 11.0 Å². The third kappa shape index (κ3) is 2.28. The maximum absolute atomic E-state index is 4.44. The SMILES string of the molecule is c1cc(CN2CCNCC2)c2nccnc2c1. The highest BCUT2D eigenvalue weighted by Gasteiger charge is 2.11. The molecule has 0 bridgehead atoms. The number of rotatable bonds is 2. The Hall–Kier alpha value is -1.52. The molecular weight excluding hydrogens is 212 g/mol. The molecule has 0 saturated carbocycles. The van der Waals surface area contributed by atoms with Crippen LogP contribution in [0.5, 0.6) is 0 Å².